The standard InChI is InChI=1S/C21H27N3O/c1-3-18-11-7-8-14-24(18)19-12-13-22-20(15-19)21(25)23-16(2)17-9-5-4-6-10-17/h4-6,9-10,12-13,15-16,18H,3,7-8,11,14H2,1-2H3,(H,23,25). The summed E-state index contributed by atoms with van der Waals surface area (Å²) in [5.74, 6) is -0.122. The summed E-state index contributed by atoms with van der Waals surface area (Å²) in [5, 5.41) is 3.05. The van der Waals surface area contributed by atoms with Crippen molar-refractivity contribution < 1.29 is 4.79 Å². The van der Waals surface area contributed by atoms with E-state index in [9.17, 15) is 4.79 Å². The van der Waals surface area contributed by atoms with E-state index in [1.165, 1.54) is 19.3 Å². The highest BCUT2D eigenvalue weighted by molar-refractivity contribution is 5.93. The maximum Gasteiger partial charge on any atom is 0.270 e. The molecule has 0 saturated carbocycles. The van der Waals surface area contributed by atoms with Crippen LogP contribution in [0.2, 0.25) is 0 Å². The van der Waals surface area contributed by atoms with E-state index in [1.807, 2.05) is 49.4 Å². The summed E-state index contributed by atoms with van der Waals surface area (Å²) in [6.07, 6.45) is 6.62. The van der Waals surface area contributed by atoms with Gasteiger partial charge < -0.3 is 10.2 Å². The molecule has 2 aromatic rings. The van der Waals surface area contributed by atoms with Gasteiger partial charge in [-0.25, -0.2) is 0 Å². The molecule has 2 unspecified atom stereocenters. The number of piperidine rings is 1. The van der Waals surface area contributed by atoms with Crippen LogP contribution < -0.4 is 10.2 Å². The van der Waals surface area contributed by atoms with E-state index in [1.54, 1.807) is 6.20 Å². The van der Waals surface area contributed by atoms with Gasteiger partial charge in [-0.05, 0) is 50.3 Å². The van der Waals surface area contributed by atoms with Crippen molar-refractivity contribution in [3.05, 3.63) is 59.9 Å². The summed E-state index contributed by atoms with van der Waals surface area (Å²) in [5.41, 5.74) is 2.69. The Bertz CT molecular complexity index is 701. The van der Waals surface area contributed by atoms with Crippen molar-refractivity contribution in [2.75, 3.05) is 11.4 Å². The van der Waals surface area contributed by atoms with Crippen molar-refractivity contribution >= 4 is 11.6 Å². The fraction of sp³-hybridized carbons (Fsp3) is 0.429. The molecule has 0 spiro atoms. The fourth-order valence-electron chi connectivity index (χ4n) is 3.58. The lowest BCUT2D eigenvalue weighted by molar-refractivity contribution is 0.0935. The lowest BCUT2D eigenvalue weighted by atomic mass is 9.99. The Kier molecular flexibility index (Phi) is 5.69. The van der Waals surface area contributed by atoms with Crippen molar-refractivity contribution in [3.63, 3.8) is 0 Å². The van der Waals surface area contributed by atoms with Crippen LogP contribution in [-0.2, 0) is 0 Å². The number of nitrogens with zero attached hydrogens (tertiary/aromatic N) is 2. The summed E-state index contributed by atoms with van der Waals surface area (Å²) >= 11 is 0. The number of nitrogens with one attached hydrogen (secondary N) is 1. The third-order valence-electron chi connectivity index (χ3n) is 5.05. The smallest absolute Gasteiger partial charge is 0.270 e. The molecular weight excluding hydrogens is 310 g/mol. The molecule has 1 aromatic heterocycles. The average Bonchev–Trinajstić information content (AvgIpc) is 2.68. The van der Waals surface area contributed by atoms with Gasteiger partial charge in [-0.15, -0.1) is 0 Å². The molecule has 1 aliphatic rings. The van der Waals surface area contributed by atoms with E-state index in [0.29, 0.717) is 11.7 Å². The van der Waals surface area contributed by atoms with E-state index in [0.717, 1.165) is 24.2 Å². The van der Waals surface area contributed by atoms with E-state index < -0.39 is 0 Å². The first-order chi connectivity index (χ1) is 12.2. The number of pyridine rings is 1. The van der Waals surface area contributed by atoms with Gasteiger partial charge in [0.15, 0.2) is 0 Å². The minimum absolute atomic E-state index is 0.0440. The molecule has 4 nitrogen and oxygen atoms in total. The Labute approximate surface area is 150 Å². The number of aromatic nitrogens is 1. The number of anilines is 1. The zero-order valence-corrected chi connectivity index (χ0v) is 15.1. The van der Waals surface area contributed by atoms with Gasteiger partial charge in [0.2, 0.25) is 0 Å². The molecule has 1 saturated heterocycles. The molecule has 132 valence electrons. The summed E-state index contributed by atoms with van der Waals surface area (Å²) in [6, 6.07) is 14.5. The second-order valence-corrected chi connectivity index (χ2v) is 6.76. The minimum Gasteiger partial charge on any atom is -0.368 e. The molecule has 1 aromatic carbocycles. The largest absolute Gasteiger partial charge is 0.368 e. The van der Waals surface area contributed by atoms with Crippen LogP contribution in [0.25, 0.3) is 0 Å². The van der Waals surface area contributed by atoms with Crippen LogP contribution in [0, 0.1) is 0 Å². The highest BCUT2D eigenvalue weighted by Crippen LogP contribution is 2.26. The molecule has 1 amide bonds. The van der Waals surface area contributed by atoms with E-state index in [4.69, 9.17) is 0 Å². The van der Waals surface area contributed by atoms with Gasteiger partial charge in [0.25, 0.3) is 5.91 Å². The van der Waals surface area contributed by atoms with Crippen molar-refractivity contribution in [1.29, 1.82) is 0 Å². The van der Waals surface area contributed by atoms with E-state index >= 15 is 0 Å². The van der Waals surface area contributed by atoms with Gasteiger partial charge in [0.05, 0.1) is 6.04 Å². The molecular formula is C21H27N3O. The maximum atomic E-state index is 12.6. The molecule has 0 bridgehead atoms. The van der Waals surface area contributed by atoms with Crippen molar-refractivity contribution in [2.24, 2.45) is 0 Å². The molecule has 4 heteroatoms. The third-order valence-corrected chi connectivity index (χ3v) is 5.05. The first kappa shape index (κ1) is 17.5. The van der Waals surface area contributed by atoms with Crippen molar-refractivity contribution in [1.82, 2.24) is 10.3 Å². The molecule has 2 heterocycles. The number of hydrogen-bond acceptors (Lipinski definition) is 3. The van der Waals surface area contributed by atoms with Gasteiger partial charge in [-0.1, -0.05) is 37.3 Å². The van der Waals surface area contributed by atoms with Crippen LogP contribution in [0.4, 0.5) is 5.69 Å². The molecule has 25 heavy (non-hydrogen) atoms. The Balaban J connectivity index is 1.73. The predicted molar refractivity (Wildman–Crippen MR) is 102 cm³/mol. The monoisotopic (exact) mass is 337 g/mol. The zero-order chi connectivity index (χ0) is 17.6. The number of carbonyl (C=O) groups excluding carboxylic acids is 1. The Morgan fingerprint density at radius 1 is 1.28 bits per heavy atom. The zero-order valence-electron chi connectivity index (χ0n) is 15.1. The van der Waals surface area contributed by atoms with Crippen LogP contribution >= 0.6 is 0 Å². The van der Waals surface area contributed by atoms with Gasteiger partial charge in [0, 0.05) is 24.5 Å². The predicted octanol–water partition coefficient (Wildman–Crippen LogP) is 4.34. The van der Waals surface area contributed by atoms with Gasteiger partial charge >= 0.3 is 0 Å². The van der Waals surface area contributed by atoms with Crippen molar-refractivity contribution in [2.45, 2.75) is 51.6 Å². The molecule has 2 atom stereocenters. The highest BCUT2D eigenvalue weighted by Gasteiger charge is 2.22. The SMILES string of the molecule is CCC1CCCCN1c1ccnc(C(=O)NC(C)c2ccccc2)c1. The maximum absolute atomic E-state index is 12.6. The number of rotatable bonds is 5. The first-order valence-electron chi connectivity index (χ1n) is 9.27. The summed E-state index contributed by atoms with van der Waals surface area (Å²) < 4.78 is 0. The Morgan fingerprint density at radius 3 is 2.84 bits per heavy atom. The Hall–Kier alpha value is -2.36. The number of benzene rings is 1. The number of amides is 1. The van der Waals surface area contributed by atoms with Gasteiger partial charge in [-0.3, -0.25) is 9.78 Å². The van der Waals surface area contributed by atoms with Crippen LogP contribution in [-0.4, -0.2) is 23.5 Å². The lowest BCUT2D eigenvalue weighted by Crippen LogP contribution is -2.39. The molecule has 3 rings (SSSR count). The summed E-state index contributed by atoms with van der Waals surface area (Å²) in [7, 11) is 0. The first-order valence-corrected chi connectivity index (χ1v) is 9.27. The van der Waals surface area contributed by atoms with E-state index in [-0.39, 0.29) is 11.9 Å². The minimum atomic E-state index is -0.122. The third kappa shape index (κ3) is 4.19. The molecule has 0 radical (unpaired) electrons. The van der Waals surface area contributed by atoms with Crippen LogP contribution in [0.3, 0.4) is 0 Å². The van der Waals surface area contributed by atoms with Gasteiger partial charge in [-0.2, -0.15) is 0 Å². The second-order valence-electron chi connectivity index (χ2n) is 6.76. The Morgan fingerprint density at radius 2 is 2.08 bits per heavy atom. The average molecular weight is 337 g/mol. The second kappa shape index (κ2) is 8.15. The molecule has 1 aliphatic heterocycles. The summed E-state index contributed by atoms with van der Waals surface area (Å²) in [4.78, 5) is 19.3. The quantitative estimate of drug-likeness (QED) is 0.882. The van der Waals surface area contributed by atoms with Gasteiger partial charge in [0.1, 0.15) is 5.69 Å². The normalized spacial score (nSPS) is 18.6. The van der Waals surface area contributed by atoms with Crippen LogP contribution in [0.1, 0.15) is 61.6 Å². The molecule has 0 aliphatic carbocycles. The highest BCUT2D eigenvalue weighted by atomic mass is 16.1. The van der Waals surface area contributed by atoms with Crippen LogP contribution in [0.15, 0.2) is 48.7 Å². The van der Waals surface area contributed by atoms with E-state index in [2.05, 4.69) is 22.1 Å². The topological polar surface area (TPSA) is 45.2 Å². The fourth-order valence-corrected chi connectivity index (χ4v) is 3.58. The number of carbonyl (C=O) groups is 1. The molecule has 1 fully saturated rings. The number of hydrogen-bond donors (Lipinski definition) is 1. The van der Waals surface area contributed by atoms with Crippen molar-refractivity contribution in [3.8, 4) is 0 Å². The molecule has 1 N–H and O–H groups in total. The van der Waals surface area contributed by atoms with Crippen LogP contribution in [0.5, 0.6) is 0 Å². The lowest BCUT2D eigenvalue weighted by Gasteiger charge is -2.37. The summed E-state index contributed by atoms with van der Waals surface area (Å²) in [6.45, 7) is 5.29.